The van der Waals surface area contributed by atoms with Crippen molar-refractivity contribution in [1.29, 1.82) is 0 Å². The first-order valence-corrected chi connectivity index (χ1v) is 10.2. The molecule has 8 nitrogen and oxygen atoms in total. The summed E-state index contributed by atoms with van der Waals surface area (Å²) >= 11 is 2.77. The number of anilines is 2. The van der Waals surface area contributed by atoms with Crippen LogP contribution in [0.25, 0.3) is 0 Å². The number of ether oxygens (including phenoxy) is 1. The third-order valence-electron chi connectivity index (χ3n) is 3.79. The number of rotatable bonds is 9. The standard InChI is InChI=1S/C17H21N5O3S2/c1-22(9-14(23)18-12-4-3-5-13(8-12)25-2)15(24)10-26-17-21-20-16(27-17)19-11-6-7-11/h3-5,8,11H,6-7,9-10H2,1-2H3,(H,18,23)(H,19,20). The van der Waals surface area contributed by atoms with Gasteiger partial charge in [-0.1, -0.05) is 29.2 Å². The normalized spacial score (nSPS) is 13.1. The molecule has 0 radical (unpaired) electrons. The van der Waals surface area contributed by atoms with Gasteiger partial charge in [-0.3, -0.25) is 9.59 Å². The Morgan fingerprint density at radius 2 is 2.19 bits per heavy atom. The summed E-state index contributed by atoms with van der Waals surface area (Å²) in [6.07, 6.45) is 2.34. The zero-order chi connectivity index (χ0) is 19.2. The molecule has 1 aliphatic rings. The molecular weight excluding hydrogens is 386 g/mol. The Labute approximate surface area is 165 Å². The lowest BCUT2D eigenvalue weighted by Crippen LogP contribution is -2.35. The number of aromatic nitrogens is 2. The molecule has 2 amide bonds. The van der Waals surface area contributed by atoms with Gasteiger partial charge >= 0.3 is 0 Å². The van der Waals surface area contributed by atoms with Crippen LogP contribution in [0.4, 0.5) is 10.8 Å². The van der Waals surface area contributed by atoms with E-state index in [0.29, 0.717) is 17.5 Å². The maximum atomic E-state index is 12.2. The van der Waals surface area contributed by atoms with Crippen LogP contribution in [0.1, 0.15) is 12.8 Å². The number of amides is 2. The van der Waals surface area contributed by atoms with Gasteiger partial charge in [-0.25, -0.2) is 0 Å². The lowest BCUT2D eigenvalue weighted by Gasteiger charge is -2.16. The van der Waals surface area contributed by atoms with Crippen LogP contribution in [0.5, 0.6) is 5.75 Å². The van der Waals surface area contributed by atoms with E-state index in [0.717, 1.165) is 9.47 Å². The lowest BCUT2D eigenvalue weighted by atomic mass is 10.3. The van der Waals surface area contributed by atoms with E-state index in [-0.39, 0.29) is 24.1 Å². The number of thioether (sulfide) groups is 1. The van der Waals surface area contributed by atoms with Crippen LogP contribution in [-0.2, 0) is 9.59 Å². The highest BCUT2D eigenvalue weighted by atomic mass is 32.2. The Morgan fingerprint density at radius 1 is 1.37 bits per heavy atom. The molecule has 10 heteroatoms. The van der Waals surface area contributed by atoms with Crippen molar-refractivity contribution in [3.8, 4) is 5.75 Å². The van der Waals surface area contributed by atoms with Gasteiger partial charge in [0, 0.05) is 24.8 Å². The first-order valence-electron chi connectivity index (χ1n) is 8.44. The van der Waals surface area contributed by atoms with E-state index < -0.39 is 0 Å². The Hall–Kier alpha value is -2.33. The number of carbonyl (C=O) groups is 2. The van der Waals surface area contributed by atoms with Gasteiger partial charge in [-0.2, -0.15) is 0 Å². The fourth-order valence-electron chi connectivity index (χ4n) is 2.17. The Balaban J connectivity index is 1.42. The van der Waals surface area contributed by atoms with Crippen molar-refractivity contribution in [3.63, 3.8) is 0 Å². The van der Waals surface area contributed by atoms with E-state index in [4.69, 9.17) is 4.74 Å². The van der Waals surface area contributed by atoms with Crippen LogP contribution in [0, 0.1) is 0 Å². The third kappa shape index (κ3) is 6.10. The minimum absolute atomic E-state index is 0.0266. The van der Waals surface area contributed by atoms with Gasteiger partial charge in [0.2, 0.25) is 16.9 Å². The van der Waals surface area contributed by atoms with Crippen LogP contribution < -0.4 is 15.4 Å². The van der Waals surface area contributed by atoms with E-state index in [2.05, 4.69) is 20.8 Å². The average molecular weight is 408 g/mol. The highest BCUT2D eigenvalue weighted by Crippen LogP contribution is 2.30. The minimum atomic E-state index is -0.268. The van der Waals surface area contributed by atoms with Gasteiger partial charge in [-0.15, -0.1) is 10.2 Å². The zero-order valence-corrected chi connectivity index (χ0v) is 16.7. The fourth-order valence-corrected chi connectivity index (χ4v) is 3.94. The van der Waals surface area contributed by atoms with Crippen molar-refractivity contribution in [2.45, 2.75) is 23.2 Å². The van der Waals surface area contributed by atoms with Crippen molar-refractivity contribution >= 4 is 45.7 Å². The van der Waals surface area contributed by atoms with E-state index in [1.54, 1.807) is 38.4 Å². The molecule has 1 aromatic carbocycles. The van der Waals surface area contributed by atoms with Crippen LogP contribution in [0.3, 0.4) is 0 Å². The second-order valence-corrected chi connectivity index (χ2v) is 8.31. The molecule has 2 aromatic rings. The molecule has 2 N–H and O–H groups in total. The molecule has 1 heterocycles. The molecular formula is C17H21N5O3S2. The smallest absolute Gasteiger partial charge is 0.243 e. The van der Waals surface area contributed by atoms with Crippen LogP contribution in [0.2, 0.25) is 0 Å². The first kappa shape index (κ1) is 19.4. The van der Waals surface area contributed by atoms with E-state index in [9.17, 15) is 9.59 Å². The number of hydrogen-bond donors (Lipinski definition) is 2. The summed E-state index contributed by atoms with van der Waals surface area (Å²) in [6.45, 7) is -0.0266. The van der Waals surface area contributed by atoms with Gasteiger partial charge in [-0.05, 0) is 25.0 Å². The summed E-state index contributed by atoms with van der Waals surface area (Å²) in [6, 6.07) is 7.58. The number of methoxy groups -OCH3 is 1. The maximum Gasteiger partial charge on any atom is 0.243 e. The predicted octanol–water partition coefficient (Wildman–Crippen LogP) is 2.31. The first-order chi connectivity index (χ1) is 13.0. The Morgan fingerprint density at radius 3 is 2.93 bits per heavy atom. The molecule has 0 bridgehead atoms. The SMILES string of the molecule is COc1cccc(NC(=O)CN(C)C(=O)CSc2nnc(NC3CC3)s2)c1. The summed E-state index contributed by atoms with van der Waals surface area (Å²) in [5, 5.41) is 15.0. The molecule has 0 spiro atoms. The Bertz CT molecular complexity index is 809. The van der Waals surface area contributed by atoms with Gasteiger partial charge in [0.05, 0.1) is 19.4 Å². The predicted molar refractivity (Wildman–Crippen MR) is 107 cm³/mol. The topological polar surface area (TPSA) is 96.5 Å². The molecule has 0 unspecified atom stereocenters. The summed E-state index contributed by atoms with van der Waals surface area (Å²) in [5.74, 6) is 0.450. The molecule has 1 saturated carbocycles. The minimum Gasteiger partial charge on any atom is -0.497 e. The van der Waals surface area contributed by atoms with Crippen LogP contribution in [0.15, 0.2) is 28.6 Å². The number of benzene rings is 1. The van der Waals surface area contributed by atoms with E-state index >= 15 is 0 Å². The molecule has 0 atom stereocenters. The van der Waals surface area contributed by atoms with Crippen molar-refractivity contribution in [2.24, 2.45) is 0 Å². The molecule has 3 rings (SSSR count). The number of nitrogens with one attached hydrogen (secondary N) is 2. The zero-order valence-electron chi connectivity index (χ0n) is 15.1. The number of nitrogens with zero attached hydrogens (tertiary/aromatic N) is 3. The highest BCUT2D eigenvalue weighted by molar-refractivity contribution is 8.01. The van der Waals surface area contributed by atoms with Crippen molar-refractivity contribution < 1.29 is 14.3 Å². The summed E-state index contributed by atoms with van der Waals surface area (Å²) in [4.78, 5) is 25.8. The lowest BCUT2D eigenvalue weighted by molar-refractivity contribution is -0.131. The van der Waals surface area contributed by atoms with E-state index in [1.807, 2.05) is 0 Å². The summed E-state index contributed by atoms with van der Waals surface area (Å²) in [7, 11) is 3.17. The van der Waals surface area contributed by atoms with Crippen LogP contribution in [-0.4, -0.2) is 59.4 Å². The van der Waals surface area contributed by atoms with Gasteiger partial charge in [0.25, 0.3) is 0 Å². The van der Waals surface area contributed by atoms with Crippen molar-refractivity contribution in [2.75, 3.05) is 37.1 Å². The maximum absolute atomic E-state index is 12.2. The summed E-state index contributed by atoms with van der Waals surface area (Å²) < 4.78 is 5.86. The average Bonchev–Trinajstić information content (AvgIpc) is 3.35. The van der Waals surface area contributed by atoms with Crippen molar-refractivity contribution in [3.05, 3.63) is 24.3 Å². The highest BCUT2D eigenvalue weighted by Gasteiger charge is 2.22. The van der Waals surface area contributed by atoms with Crippen LogP contribution >= 0.6 is 23.1 Å². The third-order valence-corrected chi connectivity index (χ3v) is 5.76. The monoisotopic (exact) mass is 407 g/mol. The van der Waals surface area contributed by atoms with Gasteiger partial charge < -0.3 is 20.3 Å². The quantitative estimate of drug-likeness (QED) is 0.616. The molecule has 1 aliphatic carbocycles. The van der Waals surface area contributed by atoms with Crippen molar-refractivity contribution in [1.82, 2.24) is 15.1 Å². The molecule has 0 aliphatic heterocycles. The number of hydrogen-bond acceptors (Lipinski definition) is 8. The second kappa shape index (κ2) is 9.05. The largest absolute Gasteiger partial charge is 0.497 e. The second-order valence-electron chi connectivity index (χ2n) is 6.11. The van der Waals surface area contributed by atoms with E-state index in [1.165, 1.54) is 40.8 Å². The number of likely N-dealkylation sites (N-methyl/N-ethyl adjacent to an activating group) is 1. The molecule has 144 valence electrons. The molecule has 1 aromatic heterocycles. The summed E-state index contributed by atoms with van der Waals surface area (Å²) in [5.41, 5.74) is 0.624. The molecule has 1 fully saturated rings. The Kier molecular flexibility index (Phi) is 6.51. The fraction of sp³-hybridized carbons (Fsp3) is 0.412. The van der Waals surface area contributed by atoms with Gasteiger partial charge in [0.15, 0.2) is 4.34 Å². The molecule has 0 saturated heterocycles. The van der Waals surface area contributed by atoms with Gasteiger partial charge in [0.1, 0.15) is 5.75 Å². The number of carbonyl (C=O) groups excluding carboxylic acids is 2. The molecule has 27 heavy (non-hydrogen) atoms.